The number of ketones is 1. The maximum absolute atomic E-state index is 12.3. The minimum Gasteiger partial charge on any atom is -0.441 e. The number of hydrogen-bond acceptors (Lipinski definition) is 4. The summed E-state index contributed by atoms with van der Waals surface area (Å²) in [5.41, 5.74) is 2.61. The molecule has 3 aromatic rings. The van der Waals surface area contributed by atoms with Gasteiger partial charge in [0.2, 0.25) is 11.8 Å². The first-order valence-corrected chi connectivity index (χ1v) is 7.95. The van der Waals surface area contributed by atoms with Crippen LogP contribution in [0, 0.1) is 6.92 Å². The van der Waals surface area contributed by atoms with Gasteiger partial charge in [0.1, 0.15) is 5.76 Å². The first-order chi connectivity index (χ1) is 12.0. The van der Waals surface area contributed by atoms with E-state index in [0.29, 0.717) is 28.6 Å². The predicted molar refractivity (Wildman–Crippen MR) is 95.5 cm³/mol. The second kappa shape index (κ2) is 7.13. The van der Waals surface area contributed by atoms with Crippen molar-refractivity contribution in [3.63, 3.8) is 0 Å². The Labute approximate surface area is 145 Å². The molecule has 0 spiro atoms. The molecule has 0 atom stereocenters. The van der Waals surface area contributed by atoms with Gasteiger partial charge in [-0.2, -0.15) is 0 Å². The molecule has 1 N–H and O–H groups in total. The van der Waals surface area contributed by atoms with Crippen LogP contribution in [0.4, 0.5) is 5.69 Å². The molecule has 0 fully saturated rings. The van der Waals surface area contributed by atoms with Crippen molar-refractivity contribution in [1.82, 2.24) is 4.98 Å². The second-order valence-corrected chi connectivity index (χ2v) is 5.75. The molecule has 0 aliphatic heterocycles. The molecule has 3 rings (SSSR count). The van der Waals surface area contributed by atoms with E-state index in [4.69, 9.17) is 4.42 Å². The van der Waals surface area contributed by atoms with Gasteiger partial charge in [-0.25, -0.2) is 4.98 Å². The van der Waals surface area contributed by atoms with Crippen LogP contribution in [-0.2, 0) is 11.2 Å². The molecular formula is C20H18N2O3. The maximum Gasteiger partial charge on any atom is 0.230 e. The number of amides is 1. The molecule has 1 heterocycles. The van der Waals surface area contributed by atoms with Gasteiger partial charge in [0.05, 0.1) is 12.1 Å². The van der Waals surface area contributed by atoms with E-state index in [1.165, 1.54) is 6.92 Å². The zero-order chi connectivity index (χ0) is 17.8. The number of oxazole rings is 1. The van der Waals surface area contributed by atoms with Gasteiger partial charge < -0.3 is 9.73 Å². The van der Waals surface area contributed by atoms with Crippen molar-refractivity contribution in [1.29, 1.82) is 0 Å². The van der Waals surface area contributed by atoms with Crippen LogP contribution >= 0.6 is 0 Å². The largest absolute Gasteiger partial charge is 0.441 e. The Morgan fingerprint density at radius 1 is 1.08 bits per heavy atom. The molecule has 1 aromatic heterocycles. The zero-order valence-corrected chi connectivity index (χ0v) is 14.1. The lowest BCUT2D eigenvalue weighted by atomic mass is 10.1. The molecule has 2 aromatic carbocycles. The summed E-state index contributed by atoms with van der Waals surface area (Å²) in [5, 5.41) is 2.79. The monoisotopic (exact) mass is 334 g/mol. The van der Waals surface area contributed by atoms with Crippen molar-refractivity contribution in [2.24, 2.45) is 0 Å². The van der Waals surface area contributed by atoms with Crippen LogP contribution < -0.4 is 5.32 Å². The molecule has 5 nitrogen and oxygen atoms in total. The van der Waals surface area contributed by atoms with Crippen LogP contribution in [0.1, 0.15) is 28.7 Å². The first-order valence-electron chi connectivity index (χ1n) is 7.95. The Morgan fingerprint density at radius 3 is 2.56 bits per heavy atom. The van der Waals surface area contributed by atoms with Crippen molar-refractivity contribution >= 4 is 17.4 Å². The Morgan fingerprint density at radius 2 is 1.84 bits per heavy atom. The minimum atomic E-state index is -0.211. The standard InChI is InChI=1S/C20H18N2O3/c1-13(23)16-9-6-10-17(11-16)21-19(24)12-18-14(2)25-20(22-18)15-7-4-3-5-8-15/h3-11H,12H2,1-2H3,(H,21,24). The highest BCUT2D eigenvalue weighted by molar-refractivity contribution is 5.97. The molecule has 0 aliphatic carbocycles. The molecule has 0 saturated carbocycles. The Bertz CT molecular complexity index is 914. The van der Waals surface area contributed by atoms with E-state index in [9.17, 15) is 9.59 Å². The average Bonchev–Trinajstić information content (AvgIpc) is 2.96. The third-order valence-corrected chi connectivity index (χ3v) is 3.79. The van der Waals surface area contributed by atoms with Gasteiger partial charge in [0, 0.05) is 16.8 Å². The summed E-state index contributed by atoms with van der Waals surface area (Å²) in [7, 11) is 0. The molecule has 0 saturated heterocycles. The molecule has 0 bridgehead atoms. The van der Waals surface area contributed by atoms with Crippen LogP contribution in [0.25, 0.3) is 11.5 Å². The van der Waals surface area contributed by atoms with E-state index in [-0.39, 0.29) is 18.1 Å². The number of aromatic nitrogens is 1. The van der Waals surface area contributed by atoms with Crippen molar-refractivity contribution in [2.75, 3.05) is 5.32 Å². The van der Waals surface area contributed by atoms with Crippen LogP contribution in [0.5, 0.6) is 0 Å². The van der Waals surface area contributed by atoms with Gasteiger partial charge in [0.25, 0.3) is 0 Å². The molecule has 126 valence electrons. The number of carbonyl (C=O) groups is 2. The SMILES string of the molecule is CC(=O)c1cccc(NC(=O)Cc2nc(-c3ccccc3)oc2C)c1. The number of hydrogen-bond donors (Lipinski definition) is 1. The maximum atomic E-state index is 12.3. The lowest BCUT2D eigenvalue weighted by molar-refractivity contribution is -0.115. The third-order valence-electron chi connectivity index (χ3n) is 3.79. The Hall–Kier alpha value is -3.21. The number of benzene rings is 2. The highest BCUT2D eigenvalue weighted by atomic mass is 16.4. The van der Waals surface area contributed by atoms with E-state index >= 15 is 0 Å². The number of carbonyl (C=O) groups excluding carboxylic acids is 2. The van der Waals surface area contributed by atoms with Crippen LogP contribution in [0.2, 0.25) is 0 Å². The topological polar surface area (TPSA) is 72.2 Å². The van der Waals surface area contributed by atoms with Crippen LogP contribution in [-0.4, -0.2) is 16.7 Å². The van der Waals surface area contributed by atoms with E-state index in [1.807, 2.05) is 30.3 Å². The van der Waals surface area contributed by atoms with Gasteiger partial charge in [-0.3, -0.25) is 9.59 Å². The quantitative estimate of drug-likeness (QED) is 0.715. The zero-order valence-electron chi connectivity index (χ0n) is 14.1. The van der Waals surface area contributed by atoms with Gasteiger partial charge in [-0.1, -0.05) is 30.3 Å². The summed E-state index contributed by atoms with van der Waals surface area (Å²) in [5.74, 6) is 0.860. The van der Waals surface area contributed by atoms with Crippen molar-refractivity contribution in [3.8, 4) is 11.5 Å². The summed E-state index contributed by atoms with van der Waals surface area (Å²) >= 11 is 0. The lowest BCUT2D eigenvalue weighted by Crippen LogP contribution is -2.15. The van der Waals surface area contributed by atoms with Crippen molar-refractivity contribution < 1.29 is 14.0 Å². The highest BCUT2D eigenvalue weighted by Gasteiger charge is 2.15. The average molecular weight is 334 g/mol. The fraction of sp³-hybridized carbons (Fsp3) is 0.150. The number of anilines is 1. The van der Waals surface area contributed by atoms with Crippen molar-refractivity contribution in [3.05, 3.63) is 71.6 Å². The summed E-state index contributed by atoms with van der Waals surface area (Å²) in [6.45, 7) is 3.28. The van der Waals surface area contributed by atoms with Crippen molar-refractivity contribution in [2.45, 2.75) is 20.3 Å². The fourth-order valence-electron chi connectivity index (χ4n) is 2.47. The molecule has 0 aliphatic rings. The lowest BCUT2D eigenvalue weighted by Gasteiger charge is -2.05. The minimum absolute atomic E-state index is 0.0454. The number of nitrogens with one attached hydrogen (secondary N) is 1. The number of Topliss-reactive ketones (excluding diaryl/α,β-unsaturated/α-hetero) is 1. The van der Waals surface area contributed by atoms with Gasteiger partial charge in [0.15, 0.2) is 5.78 Å². The molecule has 0 radical (unpaired) electrons. The summed E-state index contributed by atoms with van der Waals surface area (Å²) in [6, 6.07) is 16.4. The number of nitrogens with zero attached hydrogens (tertiary/aromatic N) is 1. The molecule has 5 heteroatoms. The van der Waals surface area contributed by atoms with E-state index < -0.39 is 0 Å². The number of rotatable bonds is 5. The third kappa shape index (κ3) is 4.01. The molecular weight excluding hydrogens is 316 g/mol. The number of aryl methyl sites for hydroxylation is 1. The predicted octanol–water partition coefficient (Wildman–Crippen LogP) is 4.03. The van der Waals surface area contributed by atoms with E-state index in [0.717, 1.165) is 5.56 Å². The summed E-state index contributed by atoms with van der Waals surface area (Å²) in [4.78, 5) is 28.1. The second-order valence-electron chi connectivity index (χ2n) is 5.75. The van der Waals surface area contributed by atoms with Gasteiger partial charge >= 0.3 is 0 Å². The normalized spacial score (nSPS) is 10.5. The fourth-order valence-corrected chi connectivity index (χ4v) is 2.47. The van der Waals surface area contributed by atoms with Crippen LogP contribution in [0.3, 0.4) is 0 Å². The van der Waals surface area contributed by atoms with Gasteiger partial charge in [-0.15, -0.1) is 0 Å². The Balaban J connectivity index is 1.72. The smallest absolute Gasteiger partial charge is 0.230 e. The summed E-state index contributed by atoms with van der Waals surface area (Å²) in [6.07, 6.45) is 0.104. The highest BCUT2D eigenvalue weighted by Crippen LogP contribution is 2.22. The van der Waals surface area contributed by atoms with Gasteiger partial charge in [-0.05, 0) is 38.1 Å². The van der Waals surface area contributed by atoms with E-state index in [1.54, 1.807) is 31.2 Å². The van der Waals surface area contributed by atoms with E-state index in [2.05, 4.69) is 10.3 Å². The molecule has 1 amide bonds. The molecule has 0 unspecified atom stereocenters. The summed E-state index contributed by atoms with van der Waals surface area (Å²) < 4.78 is 5.67. The first kappa shape index (κ1) is 16.6. The Kier molecular flexibility index (Phi) is 4.75. The van der Waals surface area contributed by atoms with Crippen LogP contribution in [0.15, 0.2) is 59.0 Å². The molecule has 25 heavy (non-hydrogen) atoms.